The van der Waals surface area contributed by atoms with Gasteiger partial charge in [-0.15, -0.1) is 11.3 Å². The van der Waals surface area contributed by atoms with Gasteiger partial charge >= 0.3 is 0 Å². The minimum atomic E-state index is 0.544. The predicted octanol–water partition coefficient (Wildman–Crippen LogP) is 2.70. The van der Waals surface area contributed by atoms with Gasteiger partial charge in [0.15, 0.2) is 9.91 Å². The van der Waals surface area contributed by atoms with E-state index in [1.165, 1.54) is 11.1 Å². The van der Waals surface area contributed by atoms with Crippen LogP contribution in [-0.4, -0.2) is 16.2 Å². The summed E-state index contributed by atoms with van der Waals surface area (Å²) in [5.41, 5.74) is 2.54. The van der Waals surface area contributed by atoms with Crippen molar-refractivity contribution in [2.24, 2.45) is 4.99 Å². The number of benzene rings is 1. The first kappa shape index (κ1) is 14.0. The second kappa shape index (κ2) is 6.63. The Hall–Kier alpha value is -1.46. The minimum Gasteiger partial charge on any atom is -0.361 e. The fraction of sp³-hybridized carbons (Fsp3) is 0.286. The first-order valence-electron chi connectivity index (χ1n) is 6.21. The Morgan fingerprint density at radius 3 is 2.79 bits per heavy atom. The molecule has 5 heteroatoms. The molecule has 0 atom stereocenters. The lowest BCUT2D eigenvalue weighted by molar-refractivity contribution is 0.770. The molecule has 1 aromatic carbocycles. The van der Waals surface area contributed by atoms with Crippen molar-refractivity contribution in [3.8, 4) is 0 Å². The molecular formula is C14H17N3S2. The Labute approximate surface area is 122 Å². The average molecular weight is 291 g/mol. The van der Waals surface area contributed by atoms with Gasteiger partial charge in [-0.05, 0) is 31.6 Å². The number of nitrogens with zero attached hydrogens (tertiary/aromatic N) is 2. The zero-order valence-electron chi connectivity index (χ0n) is 11.1. The quantitative estimate of drug-likeness (QED) is 0.881. The average Bonchev–Trinajstić information content (AvgIpc) is 2.80. The first-order valence-corrected chi connectivity index (χ1v) is 7.50. The lowest BCUT2D eigenvalue weighted by atomic mass is 10.1. The molecule has 0 unspecified atom stereocenters. The number of aromatic nitrogens is 1. The maximum absolute atomic E-state index is 5.16. The Morgan fingerprint density at radius 2 is 2.11 bits per heavy atom. The lowest BCUT2D eigenvalue weighted by Crippen LogP contribution is -2.24. The van der Waals surface area contributed by atoms with E-state index < -0.39 is 0 Å². The van der Waals surface area contributed by atoms with E-state index in [1.54, 1.807) is 11.3 Å². The van der Waals surface area contributed by atoms with Crippen molar-refractivity contribution in [1.82, 2.24) is 9.88 Å². The van der Waals surface area contributed by atoms with Gasteiger partial charge in [0.2, 0.25) is 0 Å². The van der Waals surface area contributed by atoms with Crippen molar-refractivity contribution in [2.75, 3.05) is 6.54 Å². The van der Waals surface area contributed by atoms with Gasteiger partial charge in [0.25, 0.3) is 0 Å². The van der Waals surface area contributed by atoms with E-state index in [0.717, 1.165) is 17.9 Å². The largest absolute Gasteiger partial charge is 0.361 e. The molecule has 0 aliphatic heterocycles. The summed E-state index contributed by atoms with van der Waals surface area (Å²) in [6, 6.07) is 8.55. The molecule has 0 radical (unpaired) electrons. The van der Waals surface area contributed by atoms with Crippen molar-refractivity contribution < 1.29 is 0 Å². The Kier molecular flexibility index (Phi) is 4.87. The van der Waals surface area contributed by atoms with Gasteiger partial charge in [-0.3, -0.25) is 0 Å². The molecule has 0 saturated carbocycles. The number of nitrogens with one attached hydrogen (secondary N) is 1. The van der Waals surface area contributed by atoms with E-state index in [2.05, 4.69) is 46.1 Å². The number of thiazole rings is 1. The predicted molar refractivity (Wildman–Crippen MR) is 84.4 cm³/mol. The van der Waals surface area contributed by atoms with E-state index in [1.807, 2.05) is 18.5 Å². The Balaban J connectivity index is 2.20. The summed E-state index contributed by atoms with van der Waals surface area (Å²) in [6.45, 7) is 5.72. The van der Waals surface area contributed by atoms with Crippen LogP contribution in [0.3, 0.4) is 0 Å². The van der Waals surface area contributed by atoms with Gasteiger partial charge in [-0.25, -0.2) is 0 Å². The third kappa shape index (κ3) is 4.01. The van der Waals surface area contributed by atoms with Gasteiger partial charge in [0, 0.05) is 24.7 Å². The SMILES string of the molecule is CCNC(=S)N=c1sccn1Cc1ccc(C)cc1. The maximum atomic E-state index is 5.16. The van der Waals surface area contributed by atoms with Crippen molar-refractivity contribution in [2.45, 2.75) is 20.4 Å². The highest BCUT2D eigenvalue weighted by atomic mass is 32.1. The molecule has 2 rings (SSSR count). The van der Waals surface area contributed by atoms with Gasteiger partial charge in [0.1, 0.15) is 0 Å². The van der Waals surface area contributed by atoms with E-state index >= 15 is 0 Å². The summed E-state index contributed by atoms with van der Waals surface area (Å²) < 4.78 is 2.11. The van der Waals surface area contributed by atoms with E-state index in [4.69, 9.17) is 12.2 Å². The van der Waals surface area contributed by atoms with Crippen LogP contribution in [0.4, 0.5) is 0 Å². The molecule has 1 heterocycles. The highest BCUT2D eigenvalue weighted by molar-refractivity contribution is 7.80. The minimum absolute atomic E-state index is 0.544. The molecular weight excluding hydrogens is 274 g/mol. The van der Waals surface area contributed by atoms with Crippen molar-refractivity contribution >= 4 is 28.7 Å². The molecule has 0 aliphatic carbocycles. The first-order chi connectivity index (χ1) is 9.19. The second-order valence-electron chi connectivity index (χ2n) is 4.25. The lowest BCUT2D eigenvalue weighted by Gasteiger charge is -2.04. The van der Waals surface area contributed by atoms with E-state index in [-0.39, 0.29) is 0 Å². The molecule has 3 nitrogen and oxygen atoms in total. The zero-order valence-corrected chi connectivity index (χ0v) is 12.7. The summed E-state index contributed by atoms with van der Waals surface area (Å²) in [6.07, 6.45) is 2.04. The molecule has 19 heavy (non-hydrogen) atoms. The third-order valence-electron chi connectivity index (χ3n) is 2.66. The summed E-state index contributed by atoms with van der Waals surface area (Å²) >= 11 is 6.75. The summed E-state index contributed by atoms with van der Waals surface area (Å²) in [5.74, 6) is 0. The molecule has 0 saturated heterocycles. The van der Waals surface area contributed by atoms with E-state index in [0.29, 0.717) is 5.11 Å². The van der Waals surface area contributed by atoms with Crippen LogP contribution in [-0.2, 0) is 6.54 Å². The van der Waals surface area contributed by atoms with Crippen molar-refractivity contribution in [1.29, 1.82) is 0 Å². The smallest absolute Gasteiger partial charge is 0.195 e. The van der Waals surface area contributed by atoms with Crippen LogP contribution in [0.1, 0.15) is 18.1 Å². The molecule has 1 aromatic heterocycles. The fourth-order valence-electron chi connectivity index (χ4n) is 1.67. The Bertz CT molecular complexity index is 608. The number of hydrogen-bond donors (Lipinski definition) is 1. The standard InChI is InChI=1S/C14H17N3S2/c1-3-15-13(18)16-14-17(8-9-19-14)10-12-6-4-11(2)5-7-12/h4-9H,3,10H2,1-2H3,(H,15,18). The molecule has 0 bridgehead atoms. The maximum Gasteiger partial charge on any atom is 0.195 e. The topological polar surface area (TPSA) is 29.3 Å². The van der Waals surface area contributed by atoms with Crippen molar-refractivity contribution in [3.05, 3.63) is 51.8 Å². The van der Waals surface area contributed by atoms with Crippen LogP contribution in [0.15, 0.2) is 40.8 Å². The molecule has 0 aliphatic rings. The number of aryl methyl sites for hydroxylation is 1. The second-order valence-corrected chi connectivity index (χ2v) is 5.51. The summed E-state index contributed by atoms with van der Waals surface area (Å²) in [7, 11) is 0. The summed E-state index contributed by atoms with van der Waals surface area (Å²) in [5, 5.41) is 5.61. The normalized spacial score (nSPS) is 11.6. The fourth-order valence-corrected chi connectivity index (χ4v) is 2.70. The van der Waals surface area contributed by atoms with Crippen LogP contribution >= 0.6 is 23.6 Å². The number of hydrogen-bond acceptors (Lipinski definition) is 2. The van der Waals surface area contributed by atoms with Crippen LogP contribution in [0, 0.1) is 6.92 Å². The molecule has 0 fully saturated rings. The van der Waals surface area contributed by atoms with Gasteiger partial charge in [-0.1, -0.05) is 29.8 Å². The number of thiocarbonyl (C=S) groups is 1. The van der Waals surface area contributed by atoms with Gasteiger partial charge < -0.3 is 9.88 Å². The molecule has 0 amide bonds. The van der Waals surface area contributed by atoms with Gasteiger partial charge in [0.05, 0.1) is 0 Å². The molecule has 100 valence electrons. The van der Waals surface area contributed by atoms with Crippen LogP contribution in [0.25, 0.3) is 0 Å². The molecule has 0 spiro atoms. The van der Waals surface area contributed by atoms with Crippen LogP contribution in [0.5, 0.6) is 0 Å². The van der Waals surface area contributed by atoms with Crippen LogP contribution < -0.4 is 10.1 Å². The zero-order chi connectivity index (χ0) is 13.7. The highest BCUT2D eigenvalue weighted by Gasteiger charge is 1.99. The van der Waals surface area contributed by atoms with Crippen molar-refractivity contribution in [3.63, 3.8) is 0 Å². The Morgan fingerprint density at radius 1 is 1.37 bits per heavy atom. The number of rotatable bonds is 3. The van der Waals surface area contributed by atoms with Gasteiger partial charge in [-0.2, -0.15) is 4.99 Å². The molecule has 2 aromatic rings. The summed E-state index contributed by atoms with van der Waals surface area (Å²) in [4.78, 5) is 5.35. The van der Waals surface area contributed by atoms with E-state index in [9.17, 15) is 0 Å². The van der Waals surface area contributed by atoms with Crippen LogP contribution in [0.2, 0.25) is 0 Å². The highest BCUT2D eigenvalue weighted by Crippen LogP contribution is 2.05. The molecule has 1 N–H and O–H groups in total. The monoisotopic (exact) mass is 291 g/mol. The third-order valence-corrected chi connectivity index (χ3v) is 3.69.